The molecule has 0 saturated heterocycles. The lowest BCUT2D eigenvalue weighted by atomic mass is 9.94. The summed E-state index contributed by atoms with van der Waals surface area (Å²) in [4.78, 5) is 42.8. The molecule has 2 aromatic carbocycles. The largest absolute Gasteiger partial charge is 0.467 e. The minimum Gasteiger partial charge on any atom is -0.467 e. The van der Waals surface area contributed by atoms with Crippen molar-refractivity contribution in [2.45, 2.75) is 31.2 Å². The van der Waals surface area contributed by atoms with Crippen molar-refractivity contribution in [3.8, 4) is 0 Å². The summed E-state index contributed by atoms with van der Waals surface area (Å²) >= 11 is 0. The van der Waals surface area contributed by atoms with Crippen LogP contribution in [0, 0.1) is 0 Å². The highest BCUT2D eigenvalue weighted by molar-refractivity contribution is 6.03. The Kier molecular flexibility index (Phi) is 6.90. The van der Waals surface area contributed by atoms with Crippen molar-refractivity contribution in [2.24, 2.45) is 0 Å². The number of furan rings is 1. The van der Waals surface area contributed by atoms with Crippen molar-refractivity contribution in [1.82, 2.24) is 20.4 Å². The first kappa shape index (κ1) is 26.1. The monoisotopic (exact) mass is 538 g/mol. The lowest BCUT2D eigenvalue weighted by Gasteiger charge is -2.31. The zero-order chi connectivity index (χ0) is 27.7. The van der Waals surface area contributed by atoms with E-state index in [9.17, 15) is 27.6 Å². The molecule has 0 aliphatic carbocycles. The first-order chi connectivity index (χ1) is 18.6. The Morgan fingerprint density at radius 1 is 1.08 bits per heavy atom. The molecule has 2 N–H and O–H groups in total. The molecule has 0 saturated carbocycles. The first-order valence-corrected chi connectivity index (χ1v) is 12.2. The van der Waals surface area contributed by atoms with Gasteiger partial charge in [-0.15, -0.1) is 0 Å². The summed E-state index contributed by atoms with van der Waals surface area (Å²) in [6, 6.07) is 14.6. The van der Waals surface area contributed by atoms with Crippen LogP contribution in [-0.4, -0.2) is 47.3 Å². The lowest BCUT2D eigenvalue weighted by Crippen LogP contribution is -2.49. The molecule has 2 aliphatic rings. The van der Waals surface area contributed by atoms with Crippen LogP contribution in [0.4, 0.5) is 18.0 Å². The van der Waals surface area contributed by atoms with Crippen molar-refractivity contribution in [2.75, 3.05) is 13.6 Å². The van der Waals surface area contributed by atoms with Crippen LogP contribution in [-0.2, 0) is 28.7 Å². The van der Waals surface area contributed by atoms with E-state index in [4.69, 9.17) is 4.42 Å². The van der Waals surface area contributed by atoms with Gasteiger partial charge in [0, 0.05) is 13.5 Å². The van der Waals surface area contributed by atoms with E-state index >= 15 is 0 Å². The summed E-state index contributed by atoms with van der Waals surface area (Å²) in [5.74, 6) is -0.337. The van der Waals surface area contributed by atoms with Gasteiger partial charge < -0.3 is 20.0 Å². The summed E-state index contributed by atoms with van der Waals surface area (Å²) < 4.78 is 44.6. The van der Waals surface area contributed by atoms with Crippen LogP contribution in [0.1, 0.15) is 28.5 Å². The normalized spacial score (nSPS) is 18.2. The predicted octanol–water partition coefficient (Wildman–Crippen LogP) is 4.02. The summed E-state index contributed by atoms with van der Waals surface area (Å²) in [7, 11) is 1.51. The van der Waals surface area contributed by atoms with Gasteiger partial charge >= 0.3 is 12.2 Å². The number of nitrogens with zero attached hydrogens (tertiary/aromatic N) is 2. The molecule has 0 fully saturated rings. The van der Waals surface area contributed by atoms with Crippen LogP contribution >= 0.6 is 0 Å². The van der Waals surface area contributed by atoms with Gasteiger partial charge in [-0.1, -0.05) is 42.5 Å². The fraction of sp³-hybridized carbons (Fsp3) is 0.250. The van der Waals surface area contributed by atoms with Gasteiger partial charge in [-0.05, 0) is 35.4 Å². The van der Waals surface area contributed by atoms with E-state index in [-0.39, 0.29) is 25.1 Å². The molecule has 5 rings (SSSR count). The maximum absolute atomic E-state index is 13.9. The van der Waals surface area contributed by atoms with Gasteiger partial charge in [0.05, 0.1) is 42.2 Å². The Balaban J connectivity index is 1.45. The molecule has 3 heterocycles. The highest BCUT2D eigenvalue weighted by Crippen LogP contribution is 2.38. The molecule has 0 spiro atoms. The third-order valence-corrected chi connectivity index (χ3v) is 6.93. The smallest absolute Gasteiger partial charge is 0.416 e. The molecule has 8 nitrogen and oxygen atoms in total. The summed E-state index contributed by atoms with van der Waals surface area (Å²) in [6.07, 6.45) is -2.81. The number of likely N-dealkylation sites (N-methyl/N-ethyl adjacent to an activating group) is 1. The second kappa shape index (κ2) is 10.3. The molecule has 2 atom stereocenters. The maximum Gasteiger partial charge on any atom is 0.416 e. The molecule has 11 heteroatoms. The summed E-state index contributed by atoms with van der Waals surface area (Å²) in [6.45, 7) is 0.112. The maximum atomic E-state index is 13.9. The molecule has 202 valence electrons. The first-order valence-electron chi connectivity index (χ1n) is 12.2. The Morgan fingerprint density at radius 3 is 2.44 bits per heavy atom. The van der Waals surface area contributed by atoms with Crippen LogP contribution in [0.3, 0.4) is 0 Å². The zero-order valence-corrected chi connectivity index (χ0v) is 20.9. The van der Waals surface area contributed by atoms with Crippen LogP contribution in [0.5, 0.6) is 0 Å². The van der Waals surface area contributed by atoms with E-state index in [0.29, 0.717) is 17.0 Å². The molecular weight excluding hydrogens is 513 g/mol. The van der Waals surface area contributed by atoms with Crippen molar-refractivity contribution in [3.63, 3.8) is 0 Å². The van der Waals surface area contributed by atoms with Crippen molar-refractivity contribution >= 4 is 17.8 Å². The minimum absolute atomic E-state index is 0.0130. The van der Waals surface area contributed by atoms with Crippen LogP contribution in [0.25, 0.3) is 0 Å². The Morgan fingerprint density at radius 2 is 1.79 bits per heavy atom. The Hall–Kier alpha value is -4.54. The van der Waals surface area contributed by atoms with E-state index in [1.807, 2.05) is 30.3 Å². The fourth-order valence-corrected chi connectivity index (χ4v) is 4.84. The van der Waals surface area contributed by atoms with Crippen LogP contribution < -0.4 is 10.6 Å². The van der Waals surface area contributed by atoms with Crippen molar-refractivity contribution in [1.29, 1.82) is 0 Å². The van der Waals surface area contributed by atoms with Gasteiger partial charge in [0.25, 0.3) is 5.91 Å². The number of halogens is 3. The number of carbonyl (C=O) groups excluding carboxylic acids is 3. The number of urea groups is 1. The number of hydrogen-bond acceptors (Lipinski definition) is 4. The van der Waals surface area contributed by atoms with E-state index in [0.717, 1.165) is 17.7 Å². The van der Waals surface area contributed by atoms with Crippen LogP contribution in [0.2, 0.25) is 0 Å². The molecule has 1 aromatic heterocycles. The number of benzene rings is 2. The van der Waals surface area contributed by atoms with Gasteiger partial charge in [0.15, 0.2) is 0 Å². The van der Waals surface area contributed by atoms with Crippen molar-refractivity contribution < 1.29 is 32.0 Å². The van der Waals surface area contributed by atoms with Crippen LogP contribution in [0.15, 0.2) is 88.7 Å². The molecule has 2 unspecified atom stereocenters. The second-order valence-electron chi connectivity index (χ2n) is 9.36. The van der Waals surface area contributed by atoms with E-state index in [1.165, 1.54) is 35.2 Å². The third kappa shape index (κ3) is 5.25. The highest BCUT2D eigenvalue weighted by atomic mass is 19.4. The van der Waals surface area contributed by atoms with E-state index in [2.05, 4.69) is 10.6 Å². The highest BCUT2D eigenvalue weighted by Gasteiger charge is 2.46. The number of amides is 4. The number of hydrogen-bond donors (Lipinski definition) is 2. The average molecular weight is 539 g/mol. The minimum atomic E-state index is -4.52. The SMILES string of the molecule is CN1C(=O)NC(c2ccc(C(F)(F)F)cc2)C2=C1CN(C(Cc1ccccc1)C(=O)NCc1ccco1)C2=O. The topological polar surface area (TPSA) is 94.9 Å². The van der Waals surface area contributed by atoms with E-state index in [1.54, 1.807) is 12.1 Å². The molecular formula is C28H25F3N4O4. The molecule has 2 aliphatic heterocycles. The Bertz CT molecular complexity index is 1400. The molecule has 4 amide bonds. The van der Waals surface area contributed by atoms with Gasteiger partial charge in [-0.3, -0.25) is 14.5 Å². The third-order valence-electron chi connectivity index (χ3n) is 6.93. The fourth-order valence-electron chi connectivity index (χ4n) is 4.84. The second-order valence-corrected chi connectivity index (χ2v) is 9.36. The number of carbonyl (C=O) groups is 3. The molecule has 3 aromatic rings. The zero-order valence-electron chi connectivity index (χ0n) is 20.9. The standard InChI is InChI=1S/C28H25F3N4O4/c1-34-22-16-35(21(14-17-6-3-2-4-7-17)25(36)32-15-20-8-5-13-39-20)26(37)23(22)24(33-27(34)38)18-9-11-19(12-10-18)28(29,30)31/h2-13,21,24H,14-16H2,1H3,(H,32,36)(H,33,38). The van der Waals surface area contributed by atoms with Gasteiger partial charge in [0.1, 0.15) is 11.8 Å². The number of alkyl halides is 3. The van der Waals surface area contributed by atoms with Gasteiger partial charge in [-0.2, -0.15) is 13.2 Å². The van der Waals surface area contributed by atoms with Crippen molar-refractivity contribution in [3.05, 3.63) is 107 Å². The number of rotatable bonds is 7. The summed E-state index contributed by atoms with van der Waals surface area (Å²) in [5.41, 5.74) is 0.929. The quantitative estimate of drug-likeness (QED) is 0.475. The van der Waals surface area contributed by atoms with E-state index < -0.39 is 41.7 Å². The number of nitrogens with one attached hydrogen (secondary N) is 2. The summed E-state index contributed by atoms with van der Waals surface area (Å²) in [5, 5.41) is 5.53. The molecule has 0 bridgehead atoms. The molecule has 39 heavy (non-hydrogen) atoms. The Labute approximate surface area is 222 Å². The van der Waals surface area contributed by atoms with Gasteiger partial charge in [0.2, 0.25) is 5.91 Å². The molecule has 0 radical (unpaired) electrons. The average Bonchev–Trinajstić information content (AvgIpc) is 3.56. The lowest BCUT2D eigenvalue weighted by molar-refractivity contribution is -0.137. The van der Waals surface area contributed by atoms with Gasteiger partial charge in [-0.25, -0.2) is 4.79 Å². The predicted molar refractivity (Wildman–Crippen MR) is 134 cm³/mol.